The predicted molar refractivity (Wildman–Crippen MR) is 120 cm³/mol. The zero-order valence-corrected chi connectivity index (χ0v) is 17.5. The molecule has 2 N–H and O–H groups in total. The van der Waals surface area contributed by atoms with Crippen molar-refractivity contribution < 1.29 is 19.0 Å². The summed E-state index contributed by atoms with van der Waals surface area (Å²) >= 11 is 0. The van der Waals surface area contributed by atoms with Gasteiger partial charge in [0.05, 0.1) is 31.5 Å². The normalized spacial score (nSPS) is 14.7. The van der Waals surface area contributed by atoms with Gasteiger partial charge >= 0.3 is 0 Å². The minimum atomic E-state index is -0.255. The Labute approximate surface area is 180 Å². The lowest BCUT2D eigenvalue weighted by Gasteiger charge is -2.26. The van der Waals surface area contributed by atoms with Crippen LogP contribution >= 0.6 is 0 Å². The van der Waals surface area contributed by atoms with Gasteiger partial charge in [0.2, 0.25) is 5.91 Å². The van der Waals surface area contributed by atoms with Gasteiger partial charge in [-0.1, -0.05) is 18.2 Å². The molecule has 2 heterocycles. The molecule has 0 aliphatic carbocycles. The number of rotatable bonds is 8. The number of nitrogens with zero attached hydrogens (tertiary/aromatic N) is 2. The molecule has 1 fully saturated rings. The zero-order valence-electron chi connectivity index (χ0n) is 17.5. The summed E-state index contributed by atoms with van der Waals surface area (Å²) in [5.41, 5.74) is 2.27. The molecule has 1 aliphatic heterocycles. The number of morpholine rings is 1. The lowest BCUT2D eigenvalue weighted by atomic mass is 10.2. The maximum Gasteiger partial charge on any atom is 0.248 e. The number of aromatic nitrogens is 2. The molecule has 8 nitrogen and oxygen atoms in total. The van der Waals surface area contributed by atoms with Gasteiger partial charge in [0.1, 0.15) is 6.61 Å². The van der Waals surface area contributed by atoms with Crippen LogP contribution in [0.4, 0.5) is 5.69 Å². The monoisotopic (exact) mass is 422 g/mol. The number of H-pyrrole nitrogens is 1. The number of fused-ring (bicyclic) bond motifs is 1. The number of nitrogens with one attached hydrogen (secondary N) is 2. The van der Waals surface area contributed by atoms with Crippen molar-refractivity contribution in [2.45, 2.75) is 0 Å². The van der Waals surface area contributed by atoms with E-state index >= 15 is 0 Å². The molecule has 0 spiro atoms. The Morgan fingerprint density at radius 2 is 2.06 bits per heavy atom. The van der Waals surface area contributed by atoms with Gasteiger partial charge in [-0.3, -0.25) is 14.8 Å². The number of para-hydroxylation sites is 1. The Morgan fingerprint density at radius 1 is 1.23 bits per heavy atom. The Balaban J connectivity index is 1.34. The summed E-state index contributed by atoms with van der Waals surface area (Å²) in [6.45, 7) is 4.77. The average Bonchev–Trinajstić information content (AvgIpc) is 3.22. The molecule has 1 amide bonds. The molecule has 0 atom stereocenters. The third-order valence-corrected chi connectivity index (χ3v) is 5.09. The van der Waals surface area contributed by atoms with E-state index in [-0.39, 0.29) is 5.91 Å². The number of anilines is 1. The summed E-state index contributed by atoms with van der Waals surface area (Å²) in [6.07, 6.45) is 3.15. The van der Waals surface area contributed by atoms with Crippen LogP contribution in [0.3, 0.4) is 0 Å². The van der Waals surface area contributed by atoms with Gasteiger partial charge in [0, 0.05) is 42.9 Å². The van der Waals surface area contributed by atoms with Crippen molar-refractivity contribution in [1.29, 1.82) is 0 Å². The van der Waals surface area contributed by atoms with E-state index in [0.717, 1.165) is 43.8 Å². The van der Waals surface area contributed by atoms with Crippen LogP contribution in [0.25, 0.3) is 17.0 Å². The van der Waals surface area contributed by atoms with Crippen LogP contribution in [0.15, 0.2) is 48.5 Å². The highest BCUT2D eigenvalue weighted by atomic mass is 16.5. The lowest BCUT2D eigenvalue weighted by molar-refractivity contribution is -0.111. The molecule has 2 aromatic carbocycles. The van der Waals surface area contributed by atoms with Gasteiger partial charge in [0.25, 0.3) is 0 Å². The lowest BCUT2D eigenvalue weighted by Crippen LogP contribution is -2.38. The van der Waals surface area contributed by atoms with E-state index in [1.807, 2.05) is 24.3 Å². The van der Waals surface area contributed by atoms with Gasteiger partial charge < -0.3 is 19.5 Å². The van der Waals surface area contributed by atoms with E-state index in [2.05, 4.69) is 20.4 Å². The molecule has 31 heavy (non-hydrogen) atoms. The molecule has 162 valence electrons. The topological polar surface area (TPSA) is 88.7 Å². The van der Waals surface area contributed by atoms with Crippen LogP contribution in [-0.4, -0.2) is 67.6 Å². The van der Waals surface area contributed by atoms with Crippen molar-refractivity contribution in [3.05, 3.63) is 54.2 Å². The number of benzene rings is 2. The minimum absolute atomic E-state index is 0.255. The second kappa shape index (κ2) is 10.1. The molecule has 1 saturated heterocycles. The highest BCUT2D eigenvalue weighted by Crippen LogP contribution is 2.30. The van der Waals surface area contributed by atoms with Crippen molar-refractivity contribution in [2.24, 2.45) is 0 Å². The zero-order chi connectivity index (χ0) is 21.5. The Bertz CT molecular complexity index is 1060. The van der Waals surface area contributed by atoms with E-state index in [9.17, 15) is 4.79 Å². The summed E-state index contributed by atoms with van der Waals surface area (Å²) in [5.74, 6) is 0.962. The molecule has 3 aromatic rings. The number of hydrogen-bond donors (Lipinski definition) is 2. The van der Waals surface area contributed by atoms with E-state index < -0.39 is 0 Å². The fourth-order valence-corrected chi connectivity index (χ4v) is 3.42. The van der Waals surface area contributed by atoms with Gasteiger partial charge in [-0.15, -0.1) is 0 Å². The van der Waals surface area contributed by atoms with Gasteiger partial charge in [-0.2, -0.15) is 5.10 Å². The van der Waals surface area contributed by atoms with Gasteiger partial charge in [0.15, 0.2) is 11.5 Å². The van der Waals surface area contributed by atoms with Crippen LogP contribution in [0.1, 0.15) is 5.69 Å². The molecule has 0 radical (unpaired) electrons. The van der Waals surface area contributed by atoms with Gasteiger partial charge in [-0.05, 0) is 24.3 Å². The summed E-state index contributed by atoms with van der Waals surface area (Å²) in [7, 11) is 1.58. The first kappa shape index (κ1) is 20.9. The van der Waals surface area contributed by atoms with Crippen LogP contribution in [0.5, 0.6) is 11.5 Å². The van der Waals surface area contributed by atoms with E-state index in [0.29, 0.717) is 29.5 Å². The maximum atomic E-state index is 12.4. The second-order valence-electron chi connectivity index (χ2n) is 7.15. The summed E-state index contributed by atoms with van der Waals surface area (Å²) < 4.78 is 16.7. The number of methoxy groups -OCH3 is 1. The average molecular weight is 422 g/mol. The summed E-state index contributed by atoms with van der Waals surface area (Å²) in [6, 6.07) is 13.1. The van der Waals surface area contributed by atoms with Gasteiger partial charge in [-0.25, -0.2) is 0 Å². The largest absolute Gasteiger partial charge is 0.493 e. The SMILES string of the molecule is COc1cc(NC(=O)/C=C/c2n[nH]c3ccccc23)ccc1OCCN1CCOCC1. The third kappa shape index (κ3) is 5.42. The first-order valence-electron chi connectivity index (χ1n) is 10.3. The number of carbonyl (C=O) groups excluding carboxylic acids is 1. The Morgan fingerprint density at radius 3 is 2.90 bits per heavy atom. The molecule has 1 aliphatic rings. The van der Waals surface area contributed by atoms with Crippen LogP contribution < -0.4 is 14.8 Å². The van der Waals surface area contributed by atoms with E-state index in [4.69, 9.17) is 14.2 Å². The summed E-state index contributed by atoms with van der Waals surface area (Å²) in [5, 5.41) is 11.0. The maximum absolute atomic E-state index is 12.4. The standard InChI is InChI=1S/C23H26N4O4/c1-29-22-16-17(6-8-21(22)31-15-12-27-10-13-30-14-11-27)24-23(28)9-7-20-18-4-2-3-5-19(18)25-26-20/h2-9,16H,10-15H2,1H3,(H,24,28)(H,25,26)/b9-7+. The number of aromatic amines is 1. The molecule has 0 unspecified atom stereocenters. The van der Waals surface area contributed by atoms with Crippen LogP contribution in [0, 0.1) is 0 Å². The molecule has 0 bridgehead atoms. The minimum Gasteiger partial charge on any atom is -0.493 e. The second-order valence-corrected chi connectivity index (χ2v) is 7.15. The fraction of sp³-hybridized carbons (Fsp3) is 0.304. The quantitative estimate of drug-likeness (QED) is 0.543. The van der Waals surface area contributed by atoms with Crippen molar-refractivity contribution in [1.82, 2.24) is 15.1 Å². The van der Waals surface area contributed by atoms with Crippen molar-refractivity contribution in [3.63, 3.8) is 0 Å². The van der Waals surface area contributed by atoms with Crippen molar-refractivity contribution in [3.8, 4) is 11.5 Å². The third-order valence-electron chi connectivity index (χ3n) is 5.09. The van der Waals surface area contributed by atoms with Crippen LogP contribution in [0.2, 0.25) is 0 Å². The molecule has 4 rings (SSSR count). The molecule has 8 heteroatoms. The number of amides is 1. The molecule has 1 aromatic heterocycles. The number of hydrogen-bond acceptors (Lipinski definition) is 6. The first-order chi connectivity index (χ1) is 15.2. The van der Waals surface area contributed by atoms with Crippen molar-refractivity contribution >= 4 is 28.6 Å². The first-order valence-corrected chi connectivity index (χ1v) is 10.3. The van der Waals surface area contributed by atoms with Crippen LogP contribution in [-0.2, 0) is 9.53 Å². The fourth-order valence-electron chi connectivity index (χ4n) is 3.42. The van der Waals surface area contributed by atoms with E-state index in [1.165, 1.54) is 6.08 Å². The molecule has 0 saturated carbocycles. The highest BCUT2D eigenvalue weighted by molar-refractivity contribution is 6.03. The van der Waals surface area contributed by atoms with E-state index in [1.54, 1.807) is 31.4 Å². The smallest absolute Gasteiger partial charge is 0.248 e. The number of ether oxygens (including phenoxy) is 3. The number of carbonyl (C=O) groups is 1. The Kier molecular flexibility index (Phi) is 6.81. The van der Waals surface area contributed by atoms with Crippen molar-refractivity contribution in [2.75, 3.05) is 51.9 Å². The molecular formula is C23H26N4O4. The summed E-state index contributed by atoms with van der Waals surface area (Å²) in [4.78, 5) is 14.7. The molecular weight excluding hydrogens is 396 g/mol. The highest BCUT2D eigenvalue weighted by Gasteiger charge is 2.12. The predicted octanol–water partition coefficient (Wildman–Crippen LogP) is 2.93. The Hall–Kier alpha value is -3.36.